The second kappa shape index (κ2) is 7.64. The van der Waals surface area contributed by atoms with Crippen LogP contribution in [-0.2, 0) is 9.59 Å². The molecule has 0 bridgehead atoms. The van der Waals surface area contributed by atoms with Crippen LogP contribution in [0.3, 0.4) is 0 Å². The van der Waals surface area contributed by atoms with Crippen molar-refractivity contribution in [3.05, 3.63) is 24.3 Å². The summed E-state index contributed by atoms with van der Waals surface area (Å²) >= 11 is 0. The molecule has 1 aromatic carbocycles. The molecule has 2 amide bonds. The number of ether oxygens (including phenoxy) is 1. The van der Waals surface area contributed by atoms with Gasteiger partial charge in [0, 0.05) is 5.92 Å². The second-order valence-electron chi connectivity index (χ2n) is 5.07. The molecule has 0 unspecified atom stereocenters. The van der Waals surface area contributed by atoms with Crippen molar-refractivity contribution in [2.75, 3.05) is 25.0 Å². The van der Waals surface area contributed by atoms with Crippen LogP contribution < -0.4 is 21.1 Å². The molecule has 0 aromatic heterocycles. The molecule has 1 saturated heterocycles. The molecule has 1 fully saturated rings. The number of benzene rings is 1. The molecule has 114 valence electrons. The third-order valence-corrected chi connectivity index (χ3v) is 3.46. The highest BCUT2D eigenvalue weighted by atomic mass is 16.5. The normalized spacial score (nSPS) is 15.4. The van der Waals surface area contributed by atoms with E-state index in [1.807, 2.05) is 12.1 Å². The lowest BCUT2D eigenvalue weighted by Gasteiger charge is -2.22. The fourth-order valence-electron chi connectivity index (χ4n) is 2.28. The van der Waals surface area contributed by atoms with E-state index in [1.54, 1.807) is 12.1 Å². The van der Waals surface area contributed by atoms with Gasteiger partial charge in [0.15, 0.2) is 0 Å². The van der Waals surface area contributed by atoms with E-state index in [1.165, 1.54) is 0 Å². The van der Waals surface area contributed by atoms with Crippen LogP contribution in [0.4, 0.5) is 5.69 Å². The number of hydrogen-bond donors (Lipinski definition) is 3. The first-order valence-electron chi connectivity index (χ1n) is 7.18. The van der Waals surface area contributed by atoms with Crippen molar-refractivity contribution < 1.29 is 14.3 Å². The number of primary amides is 1. The van der Waals surface area contributed by atoms with Gasteiger partial charge in [0.05, 0.1) is 18.7 Å². The molecule has 1 aromatic rings. The Morgan fingerprint density at radius 3 is 2.71 bits per heavy atom. The van der Waals surface area contributed by atoms with Crippen molar-refractivity contribution >= 4 is 17.5 Å². The summed E-state index contributed by atoms with van der Waals surface area (Å²) in [6.07, 6.45) is 1.84. The molecule has 0 radical (unpaired) electrons. The van der Waals surface area contributed by atoms with Crippen molar-refractivity contribution in [1.29, 1.82) is 0 Å². The molecule has 6 heteroatoms. The van der Waals surface area contributed by atoms with E-state index in [0.717, 1.165) is 25.9 Å². The summed E-state index contributed by atoms with van der Waals surface area (Å²) in [6.45, 7) is 1.94. The molecule has 2 rings (SSSR count). The van der Waals surface area contributed by atoms with Crippen molar-refractivity contribution in [1.82, 2.24) is 5.32 Å². The molecule has 0 spiro atoms. The Balaban J connectivity index is 1.95. The predicted octanol–water partition coefficient (Wildman–Crippen LogP) is 0.879. The monoisotopic (exact) mass is 291 g/mol. The SMILES string of the molecule is NC(=O)CCOc1ccccc1NC(=O)C1CCNCC1. The Kier molecular flexibility index (Phi) is 5.57. The van der Waals surface area contributed by atoms with Crippen LogP contribution in [0.25, 0.3) is 0 Å². The molecule has 1 aliphatic rings. The smallest absolute Gasteiger partial charge is 0.227 e. The number of amides is 2. The number of carbonyl (C=O) groups excluding carboxylic acids is 2. The van der Waals surface area contributed by atoms with E-state index in [-0.39, 0.29) is 24.9 Å². The predicted molar refractivity (Wildman–Crippen MR) is 80.0 cm³/mol. The van der Waals surface area contributed by atoms with E-state index < -0.39 is 5.91 Å². The molecule has 1 heterocycles. The molecule has 6 nitrogen and oxygen atoms in total. The molecule has 1 aliphatic heterocycles. The number of para-hydroxylation sites is 2. The highest BCUT2D eigenvalue weighted by Crippen LogP contribution is 2.25. The van der Waals surface area contributed by atoms with Crippen LogP contribution in [0, 0.1) is 5.92 Å². The van der Waals surface area contributed by atoms with Crippen LogP contribution in [0.5, 0.6) is 5.75 Å². The van der Waals surface area contributed by atoms with Gasteiger partial charge >= 0.3 is 0 Å². The summed E-state index contributed by atoms with van der Waals surface area (Å²) < 4.78 is 5.51. The Morgan fingerprint density at radius 1 is 1.29 bits per heavy atom. The van der Waals surface area contributed by atoms with Gasteiger partial charge in [-0.3, -0.25) is 9.59 Å². The summed E-state index contributed by atoms with van der Waals surface area (Å²) in [5.41, 5.74) is 5.71. The first kappa shape index (κ1) is 15.3. The molecule has 0 atom stereocenters. The second-order valence-corrected chi connectivity index (χ2v) is 5.07. The summed E-state index contributed by atoms with van der Waals surface area (Å²) in [5, 5.41) is 6.15. The molecular weight excluding hydrogens is 270 g/mol. The van der Waals surface area contributed by atoms with Gasteiger partial charge in [-0.1, -0.05) is 12.1 Å². The summed E-state index contributed by atoms with van der Waals surface area (Å²) in [7, 11) is 0. The largest absolute Gasteiger partial charge is 0.491 e. The van der Waals surface area contributed by atoms with Crippen LogP contribution in [-0.4, -0.2) is 31.5 Å². The molecule has 0 saturated carbocycles. The third-order valence-electron chi connectivity index (χ3n) is 3.46. The van der Waals surface area contributed by atoms with Crippen LogP contribution in [0.1, 0.15) is 19.3 Å². The quantitative estimate of drug-likeness (QED) is 0.725. The molecule has 21 heavy (non-hydrogen) atoms. The highest BCUT2D eigenvalue weighted by Gasteiger charge is 2.21. The minimum atomic E-state index is -0.411. The Labute approximate surface area is 124 Å². The lowest BCUT2D eigenvalue weighted by Crippen LogP contribution is -2.34. The van der Waals surface area contributed by atoms with Gasteiger partial charge in [-0.15, -0.1) is 0 Å². The van der Waals surface area contributed by atoms with Crippen LogP contribution >= 0.6 is 0 Å². The topological polar surface area (TPSA) is 93.5 Å². The maximum atomic E-state index is 12.2. The van der Waals surface area contributed by atoms with Gasteiger partial charge in [-0.05, 0) is 38.1 Å². The van der Waals surface area contributed by atoms with Gasteiger partial charge in [-0.25, -0.2) is 0 Å². The van der Waals surface area contributed by atoms with Gasteiger partial charge in [-0.2, -0.15) is 0 Å². The number of anilines is 1. The number of piperidine rings is 1. The van der Waals surface area contributed by atoms with E-state index in [2.05, 4.69) is 10.6 Å². The van der Waals surface area contributed by atoms with Crippen LogP contribution in [0.2, 0.25) is 0 Å². The maximum Gasteiger partial charge on any atom is 0.227 e. The third kappa shape index (κ3) is 4.75. The van der Waals surface area contributed by atoms with Gasteiger partial charge in [0.25, 0.3) is 0 Å². The van der Waals surface area contributed by atoms with E-state index >= 15 is 0 Å². The molecule has 0 aliphatic carbocycles. The van der Waals surface area contributed by atoms with E-state index in [0.29, 0.717) is 11.4 Å². The number of nitrogens with two attached hydrogens (primary N) is 1. The summed E-state index contributed by atoms with van der Waals surface area (Å²) in [5.74, 6) is 0.194. The van der Waals surface area contributed by atoms with Crippen molar-refractivity contribution in [2.45, 2.75) is 19.3 Å². The van der Waals surface area contributed by atoms with Crippen molar-refractivity contribution in [3.63, 3.8) is 0 Å². The fourth-order valence-corrected chi connectivity index (χ4v) is 2.28. The first-order valence-corrected chi connectivity index (χ1v) is 7.18. The summed E-state index contributed by atoms with van der Waals surface area (Å²) in [4.78, 5) is 23.0. The van der Waals surface area contributed by atoms with Gasteiger partial charge in [0.2, 0.25) is 11.8 Å². The lowest BCUT2D eigenvalue weighted by molar-refractivity contribution is -0.120. The van der Waals surface area contributed by atoms with Crippen molar-refractivity contribution in [3.8, 4) is 5.75 Å². The zero-order chi connectivity index (χ0) is 15.1. The van der Waals surface area contributed by atoms with Gasteiger partial charge in [0.1, 0.15) is 5.75 Å². The Morgan fingerprint density at radius 2 is 2.00 bits per heavy atom. The Hall–Kier alpha value is -2.08. The summed E-state index contributed by atoms with van der Waals surface area (Å²) in [6, 6.07) is 7.20. The minimum absolute atomic E-state index is 0.0162. The average Bonchev–Trinajstić information content (AvgIpc) is 2.49. The number of hydrogen-bond acceptors (Lipinski definition) is 4. The van der Waals surface area contributed by atoms with Gasteiger partial charge < -0.3 is 21.1 Å². The maximum absolute atomic E-state index is 12.2. The number of rotatable bonds is 6. The van der Waals surface area contributed by atoms with E-state index in [9.17, 15) is 9.59 Å². The van der Waals surface area contributed by atoms with Crippen LogP contribution in [0.15, 0.2) is 24.3 Å². The zero-order valence-corrected chi connectivity index (χ0v) is 11.9. The standard InChI is InChI=1S/C15H21N3O3/c16-14(19)7-10-21-13-4-2-1-3-12(13)18-15(20)11-5-8-17-9-6-11/h1-4,11,17H,5-10H2,(H2,16,19)(H,18,20). The van der Waals surface area contributed by atoms with E-state index in [4.69, 9.17) is 10.5 Å². The fraction of sp³-hybridized carbons (Fsp3) is 0.467. The number of nitrogens with one attached hydrogen (secondary N) is 2. The first-order chi connectivity index (χ1) is 10.2. The highest BCUT2D eigenvalue weighted by molar-refractivity contribution is 5.94. The zero-order valence-electron chi connectivity index (χ0n) is 11.9. The number of carbonyl (C=O) groups is 2. The van der Waals surface area contributed by atoms with Crippen molar-refractivity contribution in [2.24, 2.45) is 11.7 Å². The average molecular weight is 291 g/mol. The molecular formula is C15H21N3O3. The minimum Gasteiger partial charge on any atom is -0.491 e. The Bertz CT molecular complexity index is 499. The lowest BCUT2D eigenvalue weighted by atomic mass is 9.97. The molecule has 4 N–H and O–H groups in total.